The summed E-state index contributed by atoms with van der Waals surface area (Å²) in [6, 6.07) is 3.57. The highest BCUT2D eigenvalue weighted by atomic mass is 16.6. The second-order valence-electron chi connectivity index (χ2n) is 5.10. The van der Waals surface area contributed by atoms with Crippen molar-refractivity contribution in [3.05, 3.63) is 48.1 Å². The van der Waals surface area contributed by atoms with E-state index in [9.17, 15) is 9.59 Å². The van der Waals surface area contributed by atoms with Crippen LogP contribution in [0.25, 0.3) is 11.4 Å². The van der Waals surface area contributed by atoms with E-state index in [0.29, 0.717) is 11.6 Å². The number of aromatic nitrogens is 3. The molecule has 8 nitrogen and oxygen atoms in total. The van der Waals surface area contributed by atoms with Crippen molar-refractivity contribution >= 4 is 17.8 Å². The number of carbonyl (C=O) groups is 2. The number of nitrogens with one attached hydrogen (secondary N) is 1. The molecule has 8 heteroatoms. The topological polar surface area (TPSA) is 103 Å². The molecule has 0 aliphatic rings. The summed E-state index contributed by atoms with van der Waals surface area (Å²) in [4.78, 5) is 36.6. The molecule has 2 heterocycles. The van der Waals surface area contributed by atoms with Crippen LogP contribution >= 0.6 is 0 Å². The van der Waals surface area contributed by atoms with Gasteiger partial charge in [0.1, 0.15) is 5.82 Å². The molecule has 26 heavy (non-hydrogen) atoms. The molecule has 136 valence electrons. The highest BCUT2D eigenvalue weighted by molar-refractivity contribution is 6.14. The van der Waals surface area contributed by atoms with Crippen molar-refractivity contribution < 1.29 is 19.1 Å². The lowest BCUT2D eigenvalue weighted by Crippen LogP contribution is -2.19. The van der Waals surface area contributed by atoms with Gasteiger partial charge in [-0.15, -0.1) is 0 Å². The minimum atomic E-state index is -0.764. The number of ether oxygens (including phenoxy) is 2. The molecule has 0 aliphatic carbocycles. The number of hydrogen-bond donors (Lipinski definition) is 1. The average molecular weight is 356 g/mol. The molecule has 0 bridgehead atoms. The minimum Gasteiger partial charge on any atom is -0.462 e. The highest BCUT2D eigenvalue weighted by Gasteiger charge is 2.21. The monoisotopic (exact) mass is 356 g/mol. The van der Waals surface area contributed by atoms with E-state index in [-0.39, 0.29) is 18.8 Å². The SMILES string of the molecule is CCOC(=O)C(=CNc1nc(-c2ccncc2)ncc1C)C(=O)OCC. The first-order valence-corrected chi connectivity index (χ1v) is 8.11. The third-order valence-corrected chi connectivity index (χ3v) is 3.25. The van der Waals surface area contributed by atoms with Gasteiger partial charge in [0.15, 0.2) is 11.4 Å². The fraction of sp³-hybridized carbons (Fsp3) is 0.278. The average Bonchev–Trinajstić information content (AvgIpc) is 2.64. The molecule has 1 N–H and O–H groups in total. The molecule has 0 radical (unpaired) electrons. The number of hydrogen-bond acceptors (Lipinski definition) is 8. The third kappa shape index (κ3) is 4.85. The van der Waals surface area contributed by atoms with Gasteiger partial charge in [-0.1, -0.05) is 0 Å². The van der Waals surface area contributed by atoms with Crippen LogP contribution in [0.15, 0.2) is 42.5 Å². The first-order chi connectivity index (χ1) is 12.6. The second-order valence-corrected chi connectivity index (χ2v) is 5.10. The van der Waals surface area contributed by atoms with Gasteiger partial charge in [0.05, 0.1) is 13.2 Å². The Kier molecular flexibility index (Phi) is 6.78. The Morgan fingerprint density at radius 3 is 2.31 bits per heavy atom. The first-order valence-electron chi connectivity index (χ1n) is 8.11. The van der Waals surface area contributed by atoms with Gasteiger partial charge in [-0.25, -0.2) is 19.6 Å². The normalized spacial score (nSPS) is 9.96. The number of nitrogens with zero attached hydrogens (tertiary/aromatic N) is 3. The van der Waals surface area contributed by atoms with Crippen LogP contribution in [-0.2, 0) is 19.1 Å². The molecule has 2 rings (SSSR count). The van der Waals surface area contributed by atoms with E-state index in [1.165, 1.54) is 6.20 Å². The van der Waals surface area contributed by atoms with E-state index in [4.69, 9.17) is 9.47 Å². The fourth-order valence-corrected chi connectivity index (χ4v) is 1.99. The van der Waals surface area contributed by atoms with Gasteiger partial charge in [0, 0.05) is 35.9 Å². The minimum absolute atomic E-state index is 0.147. The zero-order chi connectivity index (χ0) is 18.9. The molecule has 0 saturated heterocycles. The number of anilines is 1. The van der Waals surface area contributed by atoms with E-state index in [2.05, 4.69) is 20.3 Å². The van der Waals surface area contributed by atoms with Crippen LogP contribution < -0.4 is 5.32 Å². The summed E-state index contributed by atoms with van der Waals surface area (Å²) in [5.41, 5.74) is 1.30. The van der Waals surface area contributed by atoms with Crippen molar-refractivity contribution in [2.45, 2.75) is 20.8 Å². The van der Waals surface area contributed by atoms with Gasteiger partial charge in [0.25, 0.3) is 0 Å². The summed E-state index contributed by atoms with van der Waals surface area (Å²) in [6.45, 7) is 5.41. The van der Waals surface area contributed by atoms with Crippen LogP contribution in [0, 0.1) is 6.92 Å². The molecule has 0 spiro atoms. The van der Waals surface area contributed by atoms with Gasteiger partial charge in [-0.2, -0.15) is 0 Å². The Balaban J connectivity index is 2.30. The summed E-state index contributed by atoms with van der Waals surface area (Å²) < 4.78 is 9.79. The van der Waals surface area contributed by atoms with Crippen LogP contribution in [0.2, 0.25) is 0 Å². The fourth-order valence-electron chi connectivity index (χ4n) is 1.99. The Hall–Kier alpha value is -3.29. The Morgan fingerprint density at radius 2 is 1.73 bits per heavy atom. The predicted molar refractivity (Wildman–Crippen MR) is 95.0 cm³/mol. The number of carbonyl (C=O) groups excluding carboxylic acids is 2. The van der Waals surface area contributed by atoms with Gasteiger partial charge < -0.3 is 14.8 Å². The zero-order valence-electron chi connectivity index (χ0n) is 14.9. The van der Waals surface area contributed by atoms with E-state index in [0.717, 1.165) is 11.1 Å². The highest BCUT2D eigenvalue weighted by Crippen LogP contribution is 2.18. The quantitative estimate of drug-likeness (QED) is 0.349. The molecule has 2 aromatic rings. The number of esters is 2. The van der Waals surface area contributed by atoms with Crippen LogP contribution in [0.3, 0.4) is 0 Å². The molecule has 0 amide bonds. The number of rotatable bonds is 7. The molecule has 0 aromatic carbocycles. The lowest BCUT2D eigenvalue weighted by Gasteiger charge is -2.09. The summed E-state index contributed by atoms with van der Waals surface area (Å²) in [6.07, 6.45) is 6.17. The maximum absolute atomic E-state index is 12.0. The van der Waals surface area contributed by atoms with Crippen molar-refractivity contribution in [3.63, 3.8) is 0 Å². The molecule has 0 unspecified atom stereocenters. The maximum atomic E-state index is 12.0. The number of aryl methyl sites for hydroxylation is 1. The van der Waals surface area contributed by atoms with E-state index in [1.807, 2.05) is 0 Å². The lowest BCUT2D eigenvalue weighted by molar-refractivity contribution is -0.146. The summed E-state index contributed by atoms with van der Waals surface area (Å²) in [7, 11) is 0. The van der Waals surface area contributed by atoms with Crippen molar-refractivity contribution in [1.82, 2.24) is 15.0 Å². The van der Waals surface area contributed by atoms with Crippen molar-refractivity contribution in [2.75, 3.05) is 18.5 Å². The van der Waals surface area contributed by atoms with Crippen LogP contribution in [0.4, 0.5) is 5.82 Å². The number of pyridine rings is 1. The van der Waals surface area contributed by atoms with Gasteiger partial charge in [-0.05, 0) is 32.9 Å². The lowest BCUT2D eigenvalue weighted by atomic mass is 10.2. The second kappa shape index (κ2) is 9.26. The maximum Gasteiger partial charge on any atom is 0.347 e. The van der Waals surface area contributed by atoms with Gasteiger partial charge >= 0.3 is 11.9 Å². The summed E-state index contributed by atoms with van der Waals surface area (Å²) in [5, 5.41) is 2.87. The Morgan fingerprint density at radius 1 is 1.12 bits per heavy atom. The molecule has 0 saturated carbocycles. The zero-order valence-corrected chi connectivity index (χ0v) is 14.9. The molecular formula is C18H20N4O4. The molecule has 2 aromatic heterocycles. The molecule has 0 fully saturated rings. The van der Waals surface area contributed by atoms with Crippen molar-refractivity contribution in [2.24, 2.45) is 0 Å². The largest absolute Gasteiger partial charge is 0.462 e. The van der Waals surface area contributed by atoms with Crippen molar-refractivity contribution in [3.8, 4) is 11.4 Å². The molecule has 0 aliphatic heterocycles. The van der Waals surface area contributed by atoms with Crippen LogP contribution in [-0.4, -0.2) is 40.1 Å². The van der Waals surface area contributed by atoms with Crippen molar-refractivity contribution in [1.29, 1.82) is 0 Å². The molecule has 0 atom stereocenters. The standard InChI is InChI=1S/C18H20N4O4/c1-4-25-17(23)14(18(24)26-5-2)11-21-15-12(3)10-20-16(22-15)13-6-8-19-9-7-13/h6-11H,4-5H2,1-3H3,(H,20,21,22). The van der Waals surface area contributed by atoms with E-state index >= 15 is 0 Å². The summed E-state index contributed by atoms with van der Waals surface area (Å²) >= 11 is 0. The van der Waals surface area contributed by atoms with E-state index in [1.54, 1.807) is 51.5 Å². The summed E-state index contributed by atoms with van der Waals surface area (Å²) in [5.74, 6) is -0.584. The van der Waals surface area contributed by atoms with E-state index < -0.39 is 11.9 Å². The predicted octanol–water partition coefficient (Wildman–Crippen LogP) is 2.27. The Labute approximate surface area is 151 Å². The Bertz CT molecular complexity index is 786. The molecular weight excluding hydrogens is 336 g/mol. The third-order valence-electron chi connectivity index (χ3n) is 3.25. The van der Waals surface area contributed by atoms with Gasteiger partial charge in [0.2, 0.25) is 0 Å². The van der Waals surface area contributed by atoms with Gasteiger partial charge in [-0.3, -0.25) is 4.98 Å². The smallest absolute Gasteiger partial charge is 0.347 e. The van der Waals surface area contributed by atoms with Crippen LogP contribution in [0.1, 0.15) is 19.4 Å². The first kappa shape index (κ1) is 19.0. The van der Waals surface area contributed by atoms with Crippen LogP contribution in [0.5, 0.6) is 0 Å².